The van der Waals surface area contributed by atoms with Gasteiger partial charge in [-0.05, 0) is 43.0 Å². The van der Waals surface area contributed by atoms with Crippen LogP contribution in [0.4, 0.5) is 23.5 Å². The van der Waals surface area contributed by atoms with Crippen molar-refractivity contribution in [1.29, 1.82) is 0 Å². The van der Waals surface area contributed by atoms with E-state index < -0.39 is 17.6 Å². The number of nitrogens with one attached hydrogen (secondary N) is 1. The summed E-state index contributed by atoms with van der Waals surface area (Å²) in [6.07, 6.45) is 1.49. The van der Waals surface area contributed by atoms with Crippen molar-refractivity contribution in [3.63, 3.8) is 0 Å². The van der Waals surface area contributed by atoms with E-state index in [-0.39, 0.29) is 35.4 Å². The summed E-state index contributed by atoms with van der Waals surface area (Å²) in [5, 5.41) is 3.06. The Labute approximate surface area is 185 Å². The van der Waals surface area contributed by atoms with Crippen molar-refractivity contribution in [2.75, 3.05) is 11.9 Å². The number of amides is 1. The van der Waals surface area contributed by atoms with E-state index in [0.717, 1.165) is 25.2 Å². The zero-order valence-corrected chi connectivity index (χ0v) is 17.1. The van der Waals surface area contributed by atoms with Crippen LogP contribution in [0.2, 0.25) is 0 Å². The first-order chi connectivity index (χ1) is 15.8. The van der Waals surface area contributed by atoms with Gasteiger partial charge in [0.05, 0.1) is 17.2 Å². The zero-order valence-electron chi connectivity index (χ0n) is 17.1. The van der Waals surface area contributed by atoms with E-state index in [1.54, 1.807) is 23.4 Å². The number of nitrogens with zero attached hydrogens (tertiary/aromatic N) is 5. The van der Waals surface area contributed by atoms with Crippen LogP contribution in [-0.2, 0) is 6.18 Å². The molecule has 1 aliphatic carbocycles. The predicted octanol–water partition coefficient (Wildman–Crippen LogP) is 3.81. The molecule has 0 spiro atoms. The fourth-order valence-corrected chi connectivity index (χ4v) is 4.61. The maximum Gasteiger partial charge on any atom is 0.419 e. The van der Waals surface area contributed by atoms with Gasteiger partial charge in [0, 0.05) is 42.9 Å². The number of halogens is 4. The number of piperidine rings is 1. The number of benzene rings is 1. The highest BCUT2D eigenvalue weighted by Gasteiger charge is 2.47. The van der Waals surface area contributed by atoms with E-state index in [1.165, 1.54) is 18.2 Å². The van der Waals surface area contributed by atoms with Crippen LogP contribution in [0.15, 0.2) is 49.1 Å². The number of hydrogen-bond donors (Lipinski definition) is 1. The number of anilines is 1. The lowest BCUT2D eigenvalue weighted by Crippen LogP contribution is -2.48. The SMILES string of the molecule is O=C(c1cc(F)ccc1-c1ncccn1)N1C[C@H]2C[C@@H](Nc3ncc(C(F)(F)F)cn3)[C@@H]1C2. The lowest BCUT2D eigenvalue weighted by molar-refractivity contribution is -0.138. The monoisotopic (exact) mass is 458 g/mol. The minimum absolute atomic E-state index is 0.0667. The summed E-state index contributed by atoms with van der Waals surface area (Å²) in [5.74, 6) is -0.287. The Morgan fingerprint density at radius 1 is 1.06 bits per heavy atom. The first kappa shape index (κ1) is 21.2. The molecule has 3 aromatic rings. The van der Waals surface area contributed by atoms with E-state index >= 15 is 0 Å². The molecular weight excluding hydrogens is 440 g/mol. The predicted molar refractivity (Wildman–Crippen MR) is 109 cm³/mol. The molecule has 1 saturated carbocycles. The first-order valence-electron chi connectivity index (χ1n) is 10.3. The topological polar surface area (TPSA) is 83.9 Å². The van der Waals surface area contributed by atoms with Crippen molar-refractivity contribution in [3.05, 3.63) is 66.0 Å². The van der Waals surface area contributed by atoms with Crippen LogP contribution >= 0.6 is 0 Å². The minimum atomic E-state index is -4.51. The Hall–Kier alpha value is -3.63. The first-order valence-corrected chi connectivity index (χ1v) is 10.3. The molecule has 170 valence electrons. The summed E-state index contributed by atoms with van der Waals surface area (Å²) in [7, 11) is 0. The fourth-order valence-electron chi connectivity index (χ4n) is 4.61. The van der Waals surface area contributed by atoms with Crippen LogP contribution in [-0.4, -0.2) is 49.4 Å². The Morgan fingerprint density at radius 3 is 2.45 bits per heavy atom. The Balaban J connectivity index is 1.37. The van der Waals surface area contributed by atoms with Gasteiger partial charge >= 0.3 is 6.18 Å². The molecule has 1 aromatic carbocycles. The second kappa shape index (κ2) is 8.05. The number of carbonyl (C=O) groups excluding carboxylic acids is 1. The number of likely N-dealkylation sites (tertiary alicyclic amines) is 1. The van der Waals surface area contributed by atoms with Gasteiger partial charge in [-0.3, -0.25) is 4.79 Å². The Morgan fingerprint density at radius 2 is 1.79 bits per heavy atom. The van der Waals surface area contributed by atoms with Crippen molar-refractivity contribution in [2.45, 2.75) is 31.1 Å². The van der Waals surface area contributed by atoms with Crippen LogP contribution in [0.5, 0.6) is 0 Å². The number of aromatic nitrogens is 4. The molecule has 7 nitrogen and oxygen atoms in total. The fraction of sp³-hybridized carbons (Fsp3) is 0.318. The summed E-state index contributed by atoms with van der Waals surface area (Å²) >= 11 is 0. The van der Waals surface area contributed by atoms with Crippen molar-refractivity contribution >= 4 is 11.9 Å². The largest absolute Gasteiger partial charge is 0.419 e. The van der Waals surface area contributed by atoms with Gasteiger partial charge in [0.1, 0.15) is 5.82 Å². The third kappa shape index (κ3) is 4.10. The van der Waals surface area contributed by atoms with Crippen LogP contribution < -0.4 is 5.32 Å². The molecule has 2 aromatic heterocycles. The summed E-state index contributed by atoms with van der Waals surface area (Å²) in [5.41, 5.74) is -0.335. The Bertz CT molecular complexity index is 1170. The van der Waals surface area contributed by atoms with Gasteiger partial charge in [-0.25, -0.2) is 24.3 Å². The second-order valence-electron chi connectivity index (χ2n) is 8.17. The van der Waals surface area contributed by atoms with Gasteiger partial charge in [-0.1, -0.05) is 0 Å². The normalized spacial score (nSPS) is 21.9. The molecule has 0 radical (unpaired) electrons. The molecule has 1 N–H and O–H groups in total. The molecular formula is C22H18F4N6O. The zero-order chi connectivity index (χ0) is 23.2. The number of rotatable bonds is 4. The van der Waals surface area contributed by atoms with E-state index in [9.17, 15) is 22.4 Å². The quantitative estimate of drug-likeness (QED) is 0.599. The van der Waals surface area contributed by atoms with Crippen LogP contribution in [0.1, 0.15) is 28.8 Å². The molecule has 3 heterocycles. The molecule has 2 fully saturated rings. The van der Waals surface area contributed by atoms with Crippen LogP contribution in [0.25, 0.3) is 11.4 Å². The van der Waals surface area contributed by atoms with E-state index in [2.05, 4.69) is 25.3 Å². The highest BCUT2D eigenvalue weighted by atomic mass is 19.4. The number of alkyl halides is 3. The van der Waals surface area contributed by atoms with Gasteiger partial charge in [0.2, 0.25) is 5.95 Å². The van der Waals surface area contributed by atoms with Gasteiger partial charge in [-0.15, -0.1) is 0 Å². The lowest BCUT2D eigenvalue weighted by atomic mass is 10.0. The van der Waals surface area contributed by atoms with Gasteiger partial charge in [0.25, 0.3) is 5.91 Å². The average Bonchev–Trinajstić information content (AvgIpc) is 3.39. The van der Waals surface area contributed by atoms with Gasteiger partial charge < -0.3 is 10.2 Å². The Kier molecular flexibility index (Phi) is 5.18. The summed E-state index contributed by atoms with van der Waals surface area (Å²) in [4.78, 5) is 31.0. The maximum absolute atomic E-state index is 14.1. The molecule has 1 saturated heterocycles. The van der Waals surface area contributed by atoms with E-state index in [0.29, 0.717) is 17.9 Å². The molecule has 1 aliphatic heterocycles. The second-order valence-corrected chi connectivity index (χ2v) is 8.17. The molecule has 1 amide bonds. The highest BCUT2D eigenvalue weighted by Crippen LogP contribution is 2.40. The molecule has 2 aliphatic rings. The van der Waals surface area contributed by atoms with Crippen molar-refractivity contribution in [2.24, 2.45) is 5.92 Å². The number of fused-ring (bicyclic) bond motifs is 2. The van der Waals surface area contributed by atoms with Crippen LogP contribution in [0, 0.1) is 11.7 Å². The minimum Gasteiger partial charge on any atom is -0.349 e. The molecule has 11 heteroatoms. The van der Waals surface area contributed by atoms with Crippen molar-refractivity contribution in [3.8, 4) is 11.4 Å². The standard InChI is InChI=1S/C22H18F4N6O/c23-14-2-3-15(19-27-4-1-5-28-19)16(8-14)20(33)32-11-12-6-17(18(32)7-12)31-21-29-9-13(10-30-21)22(24,25)26/h1-5,8-10,12,17-18H,6-7,11H2,(H,29,30,31)/t12-,17+,18-/m0/s1. The average molecular weight is 458 g/mol. The molecule has 33 heavy (non-hydrogen) atoms. The summed E-state index contributed by atoms with van der Waals surface area (Å²) in [6.45, 7) is 0.515. The third-order valence-corrected chi connectivity index (χ3v) is 6.06. The van der Waals surface area contributed by atoms with Crippen molar-refractivity contribution in [1.82, 2.24) is 24.8 Å². The lowest BCUT2D eigenvalue weighted by Gasteiger charge is -2.34. The van der Waals surface area contributed by atoms with E-state index in [1.807, 2.05) is 0 Å². The highest BCUT2D eigenvalue weighted by molar-refractivity contribution is 6.00. The summed E-state index contributed by atoms with van der Waals surface area (Å²) in [6, 6.07) is 5.12. The van der Waals surface area contributed by atoms with E-state index in [4.69, 9.17) is 0 Å². The molecule has 0 unspecified atom stereocenters. The van der Waals surface area contributed by atoms with Crippen LogP contribution in [0.3, 0.4) is 0 Å². The van der Waals surface area contributed by atoms with Crippen molar-refractivity contribution < 1.29 is 22.4 Å². The summed E-state index contributed by atoms with van der Waals surface area (Å²) < 4.78 is 52.3. The molecule has 3 atom stereocenters. The molecule has 2 bridgehead atoms. The third-order valence-electron chi connectivity index (χ3n) is 6.06. The van der Waals surface area contributed by atoms with Gasteiger partial charge in [-0.2, -0.15) is 13.2 Å². The number of carbonyl (C=O) groups is 1. The molecule has 5 rings (SSSR count). The van der Waals surface area contributed by atoms with Gasteiger partial charge in [0.15, 0.2) is 5.82 Å². The maximum atomic E-state index is 14.1. The smallest absolute Gasteiger partial charge is 0.349 e. The number of hydrogen-bond acceptors (Lipinski definition) is 6.